The molecule has 90 valence electrons. The second-order valence-electron chi connectivity index (χ2n) is 5.94. The number of halogens is 1. The molecule has 1 aromatic rings. The third-order valence-electron chi connectivity index (χ3n) is 2.08. The van der Waals surface area contributed by atoms with Crippen molar-refractivity contribution in [2.75, 3.05) is 5.32 Å². The molecule has 0 bridgehead atoms. The molecule has 0 spiro atoms. The maximum absolute atomic E-state index is 5.97. The van der Waals surface area contributed by atoms with Gasteiger partial charge in [-0.25, -0.2) is 9.97 Å². The van der Waals surface area contributed by atoms with Crippen LogP contribution < -0.4 is 5.32 Å². The van der Waals surface area contributed by atoms with Gasteiger partial charge in [-0.1, -0.05) is 32.4 Å². The number of hydrogen-bond acceptors (Lipinski definition) is 3. The second kappa shape index (κ2) is 4.58. The number of nitrogens with one attached hydrogen (secondary N) is 1. The van der Waals surface area contributed by atoms with Crippen molar-refractivity contribution >= 4 is 17.4 Å². The molecular weight excluding hydrogens is 222 g/mol. The Morgan fingerprint density at radius 1 is 1.12 bits per heavy atom. The molecule has 0 atom stereocenters. The van der Waals surface area contributed by atoms with Crippen LogP contribution in [0.4, 0.5) is 5.82 Å². The zero-order valence-corrected chi connectivity index (χ0v) is 11.4. The van der Waals surface area contributed by atoms with E-state index in [9.17, 15) is 0 Å². The Hall–Kier alpha value is -0.830. The Labute approximate surface area is 103 Å². The van der Waals surface area contributed by atoms with Gasteiger partial charge in [-0.2, -0.15) is 0 Å². The molecule has 0 radical (unpaired) electrons. The monoisotopic (exact) mass is 241 g/mol. The molecule has 0 aromatic carbocycles. The molecule has 1 N–H and O–H groups in total. The maximum Gasteiger partial charge on any atom is 0.171 e. The molecule has 0 amide bonds. The lowest BCUT2D eigenvalue weighted by atomic mass is 9.82. The highest BCUT2D eigenvalue weighted by atomic mass is 35.5. The van der Waals surface area contributed by atoms with E-state index in [0.717, 1.165) is 6.42 Å². The SMILES string of the molecule is CC(C)(C)CC(C)(C)Nc1nccnc1Cl. The normalized spacial score (nSPS) is 12.6. The molecule has 16 heavy (non-hydrogen) atoms. The number of anilines is 1. The van der Waals surface area contributed by atoms with Crippen LogP contribution in [0.25, 0.3) is 0 Å². The molecule has 3 nitrogen and oxygen atoms in total. The van der Waals surface area contributed by atoms with Crippen molar-refractivity contribution in [2.24, 2.45) is 5.41 Å². The third kappa shape index (κ3) is 4.35. The average Bonchev–Trinajstić information content (AvgIpc) is 2.04. The van der Waals surface area contributed by atoms with E-state index in [1.807, 2.05) is 0 Å². The van der Waals surface area contributed by atoms with Crippen LogP contribution in [0.15, 0.2) is 12.4 Å². The highest BCUT2D eigenvalue weighted by Gasteiger charge is 2.26. The molecule has 0 unspecified atom stereocenters. The fraction of sp³-hybridized carbons (Fsp3) is 0.667. The van der Waals surface area contributed by atoms with Crippen molar-refractivity contribution in [2.45, 2.75) is 46.6 Å². The topological polar surface area (TPSA) is 37.8 Å². The fourth-order valence-corrected chi connectivity index (χ4v) is 2.25. The Kier molecular flexibility index (Phi) is 3.79. The summed E-state index contributed by atoms with van der Waals surface area (Å²) in [6.07, 6.45) is 4.25. The Balaban J connectivity index is 2.77. The third-order valence-corrected chi connectivity index (χ3v) is 2.36. The van der Waals surface area contributed by atoms with Crippen molar-refractivity contribution in [3.63, 3.8) is 0 Å². The summed E-state index contributed by atoms with van der Waals surface area (Å²) >= 11 is 5.97. The molecule has 0 fully saturated rings. The minimum Gasteiger partial charge on any atom is -0.363 e. The highest BCUT2D eigenvalue weighted by Crippen LogP contribution is 2.30. The van der Waals surface area contributed by atoms with Gasteiger partial charge in [-0.3, -0.25) is 0 Å². The highest BCUT2D eigenvalue weighted by molar-refractivity contribution is 6.31. The summed E-state index contributed by atoms with van der Waals surface area (Å²) in [4.78, 5) is 8.19. The van der Waals surface area contributed by atoms with E-state index in [4.69, 9.17) is 11.6 Å². The summed E-state index contributed by atoms with van der Waals surface area (Å²) in [5.41, 5.74) is 0.198. The predicted molar refractivity (Wildman–Crippen MR) is 68.8 cm³/mol. The molecule has 0 aliphatic carbocycles. The summed E-state index contributed by atoms with van der Waals surface area (Å²) in [5.74, 6) is 0.651. The number of nitrogens with zero attached hydrogens (tertiary/aromatic N) is 2. The van der Waals surface area contributed by atoms with E-state index in [2.05, 4.69) is 49.9 Å². The van der Waals surface area contributed by atoms with E-state index >= 15 is 0 Å². The quantitative estimate of drug-likeness (QED) is 0.876. The predicted octanol–water partition coefficient (Wildman–Crippen LogP) is 3.76. The first-order valence-electron chi connectivity index (χ1n) is 5.44. The molecule has 0 saturated carbocycles. The first-order valence-corrected chi connectivity index (χ1v) is 5.82. The van der Waals surface area contributed by atoms with Gasteiger partial charge in [0.25, 0.3) is 0 Å². The van der Waals surface area contributed by atoms with E-state index in [1.165, 1.54) is 0 Å². The van der Waals surface area contributed by atoms with Gasteiger partial charge in [-0.15, -0.1) is 0 Å². The van der Waals surface area contributed by atoms with Gasteiger partial charge in [0.2, 0.25) is 0 Å². The van der Waals surface area contributed by atoms with Crippen molar-refractivity contribution in [1.82, 2.24) is 9.97 Å². The lowest BCUT2D eigenvalue weighted by Gasteiger charge is -2.33. The largest absolute Gasteiger partial charge is 0.363 e. The summed E-state index contributed by atoms with van der Waals surface area (Å²) in [5, 5.41) is 3.76. The van der Waals surface area contributed by atoms with Gasteiger partial charge in [0.05, 0.1) is 0 Å². The van der Waals surface area contributed by atoms with Crippen molar-refractivity contribution in [1.29, 1.82) is 0 Å². The van der Waals surface area contributed by atoms with Crippen LogP contribution >= 0.6 is 11.6 Å². The number of rotatable bonds is 3. The smallest absolute Gasteiger partial charge is 0.171 e. The van der Waals surface area contributed by atoms with Crippen LogP contribution in [0.3, 0.4) is 0 Å². The molecule has 1 rings (SSSR count). The summed E-state index contributed by atoms with van der Waals surface area (Å²) < 4.78 is 0. The zero-order valence-electron chi connectivity index (χ0n) is 10.6. The molecule has 0 aliphatic rings. The van der Waals surface area contributed by atoms with Crippen LogP contribution in [-0.2, 0) is 0 Å². The van der Waals surface area contributed by atoms with Gasteiger partial charge in [-0.05, 0) is 25.7 Å². The molecule has 1 aromatic heterocycles. The average molecular weight is 242 g/mol. The van der Waals surface area contributed by atoms with Crippen LogP contribution in [0.2, 0.25) is 5.15 Å². The Morgan fingerprint density at radius 3 is 2.19 bits per heavy atom. The molecule has 4 heteroatoms. The Bertz CT molecular complexity index is 356. The Morgan fingerprint density at radius 2 is 1.69 bits per heavy atom. The van der Waals surface area contributed by atoms with Gasteiger partial charge in [0, 0.05) is 17.9 Å². The standard InChI is InChI=1S/C12H20ClN3/c1-11(2,3)8-12(4,5)16-10-9(13)14-6-7-15-10/h6-7H,8H2,1-5H3,(H,15,16). The van der Waals surface area contributed by atoms with Gasteiger partial charge in [0.1, 0.15) is 0 Å². The van der Waals surface area contributed by atoms with Gasteiger partial charge >= 0.3 is 0 Å². The van der Waals surface area contributed by atoms with Crippen molar-refractivity contribution in [3.05, 3.63) is 17.5 Å². The summed E-state index contributed by atoms with van der Waals surface area (Å²) in [6.45, 7) is 10.9. The summed E-state index contributed by atoms with van der Waals surface area (Å²) in [7, 11) is 0. The van der Waals surface area contributed by atoms with Crippen molar-refractivity contribution < 1.29 is 0 Å². The molecular formula is C12H20ClN3. The lowest BCUT2D eigenvalue weighted by Crippen LogP contribution is -2.35. The first kappa shape index (κ1) is 13.2. The fourth-order valence-electron chi connectivity index (χ4n) is 2.10. The number of hydrogen-bond donors (Lipinski definition) is 1. The van der Waals surface area contributed by atoms with Crippen molar-refractivity contribution in [3.8, 4) is 0 Å². The van der Waals surface area contributed by atoms with E-state index in [-0.39, 0.29) is 11.0 Å². The van der Waals surface area contributed by atoms with E-state index in [0.29, 0.717) is 11.0 Å². The molecule has 0 saturated heterocycles. The number of aromatic nitrogens is 2. The minimum absolute atomic E-state index is 0.0576. The minimum atomic E-state index is -0.0576. The second-order valence-corrected chi connectivity index (χ2v) is 6.30. The van der Waals surface area contributed by atoms with Crippen LogP contribution in [-0.4, -0.2) is 15.5 Å². The van der Waals surface area contributed by atoms with Crippen LogP contribution in [0.5, 0.6) is 0 Å². The van der Waals surface area contributed by atoms with E-state index in [1.54, 1.807) is 12.4 Å². The zero-order chi connectivity index (χ0) is 12.4. The molecule has 1 heterocycles. The van der Waals surface area contributed by atoms with Gasteiger partial charge < -0.3 is 5.32 Å². The lowest BCUT2D eigenvalue weighted by molar-refractivity contribution is 0.302. The first-order chi connectivity index (χ1) is 7.20. The van der Waals surface area contributed by atoms with E-state index < -0.39 is 0 Å². The van der Waals surface area contributed by atoms with Crippen LogP contribution in [0.1, 0.15) is 41.0 Å². The molecule has 0 aliphatic heterocycles. The van der Waals surface area contributed by atoms with Gasteiger partial charge in [0.15, 0.2) is 11.0 Å². The van der Waals surface area contributed by atoms with Crippen LogP contribution in [0, 0.1) is 5.41 Å². The maximum atomic E-state index is 5.97. The summed E-state index contributed by atoms with van der Waals surface area (Å²) in [6, 6.07) is 0.